The molecule has 0 N–H and O–H groups in total. The van der Waals surface area contributed by atoms with Crippen molar-refractivity contribution in [1.29, 1.82) is 0 Å². The molecule has 4 heteroatoms. The van der Waals surface area contributed by atoms with Crippen LogP contribution in [0.2, 0.25) is 0 Å². The van der Waals surface area contributed by atoms with Gasteiger partial charge in [-0.05, 0) is 92.0 Å². The fourth-order valence-corrected chi connectivity index (χ4v) is 11.8. The van der Waals surface area contributed by atoms with Gasteiger partial charge in [0.2, 0.25) is 0 Å². The largest absolute Gasteiger partial charge is 0.457 e. The van der Waals surface area contributed by atoms with Crippen LogP contribution < -0.4 is 4.74 Å². The van der Waals surface area contributed by atoms with Crippen LogP contribution in [0.1, 0.15) is 47.2 Å². The molecule has 10 aromatic rings. The van der Waals surface area contributed by atoms with Crippen LogP contribution >= 0.6 is 11.3 Å². The van der Waals surface area contributed by atoms with Crippen molar-refractivity contribution in [2.24, 2.45) is 0 Å². The van der Waals surface area contributed by atoms with E-state index in [-0.39, 0.29) is 5.41 Å². The number of para-hydroxylation sites is 2. The summed E-state index contributed by atoms with van der Waals surface area (Å²) < 4.78 is 8.91. The number of fused-ring (bicyclic) bond motifs is 15. The summed E-state index contributed by atoms with van der Waals surface area (Å²) in [5, 5.41) is 1.17. The number of hydrogen-bond acceptors (Lipinski definition) is 4. The van der Waals surface area contributed by atoms with Crippen LogP contribution in [0.25, 0.3) is 76.3 Å². The maximum Gasteiger partial charge on any atom is 0.160 e. The summed E-state index contributed by atoms with van der Waals surface area (Å²) in [7, 11) is 0. The Kier molecular flexibility index (Phi) is 6.87. The first kappa shape index (κ1) is 33.8. The van der Waals surface area contributed by atoms with E-state index in [0.717, 1.165) is 44.4 Å². The summed E-state index contributed by atoms with van der Waals surface area (Å²) in [6, 6.07) is 66.2. The molecule has 1 spiro atoms. The Morgan fingerprint density at radius 3 is 1.78 bits per heavy atom. The minimum atomic E-state index is -0.471. The Bertz CT molecular complexity index is 3410. The molecular weight excluding hydrogens is 749 g/mol. The van der Waals surface area contributed by atoms with Gasteiger partial charge in [0.1, 0.15) is 11.5 Å². The number of hydrogen-bond donors (Lipinski definition) is 0. The molecule has 3 aliphatic rings. The topological polar surface area (TPSA) is 35.0 Å². The van der Waals surface area contributed by atoms with E-state index in [2.05, 4.69) is 190 Å². The Morgan fingerprint density at radius 1 is 0.433 bits per heavy atom. The van der Waals surface area contributed by atoms with Crippen molar-refractivity contribution < 1.29 is 4.74 Å². The van der Waals surface area contributed by atoms with Crippen molar-refractivity contribution in [3.8, 4) is 67.5 Å². The fraction of sp³-hybridized carbons (Fsp3) is 0.0714. The standard InChI is InChI=1S/C56H36N2OS/c1-55(2)42-28-25-34(35-26-29-44-41(31-35)37-16-6-8-18-43(37)56(44)45-19-9-11-21-48(45)59-49-22-12-10-20-46(49)56)30-40(42)38-27-24-36(32-47(38)55)51-53-52(39-17-7-13-23-50(39)60-53)58-54(57-51)33-14-4-3-5-15-33/h3-32H,1-2H3. The van der Waals surface area contributed by atoms with Crippen LogP contribution in [0, 0.1) is 0 Å². The summed E-state index contributed by atoms with van der Waals surface area (Å²) in [6.07, 6.45) is 0. The number of aromatic nitrogens is 2. The van der Waals surface area contributed by atoms with Crippen molar-refractivity contribution in [1.82, 2.24) is 9.97 Å². The molecule has 282 valence electrons. The van der Waals surface area contributed by atoms with E-state index in [0.29, 0.717) is 0 Å². The molecule has 0 unspecified atom stereocenters. The predicted octanol–water partition coefficient (Wildman–Crippen LogP) is 14.6. The van der Waals surface area contributed by atoms with Gasteiger partial charge >= 0.3 is 0 Å². The van der Waals surface area contributed by atoms with Gasteiger partial charge in [0, 0.05) is 37.8 Å². The minimum Gasteiger partial charge on any atom is -0.457 e. The third-order valence-electron chi connectivity index (χ3n) is 13.4. The van der Waals surface area contributed by atoms with Crippen molar-refractivity contribution in [2.75, 3.05) is 0 Å². The van der Waals surface area contributed by atoms with E-state index >= 15 is 0 Å². The number of thiophene rings is 1. The summed E-state index contributed by atoms with van der Waals surface area (Å²) in [5.74, 6) is 2.58. The SMILES string of the molecule is CC1(C)c2ccc(-c3ccc4c(c3)-c3ccccc3C43c4ccccc4Oc4ccccc43)cc2-c2ccc(-c3nc(-c4ccccc4)nc4c3sc3ccccc34)cc21. The second-order valence-electron chi connectivity index (χ2n) is 16.8. The van der Waals surface area contributed by atoms with Crippen molar-refractivity contribution in [3.63, 3.8) is 0 Å². The first-order valence-corrected chi connectivity index (χ1v) is 21.5. The highest BCUT2D eigenvalue weighted by Gasteiger charge is 2.51. The third kappa shape index (κ3) is 4.49. The molecule has 3 heterocycles. The van der Waals surface area contributed by atoms with E-state index in [1.54, 1.807) is 11.3 Å². The highest BCUT2D eigenvalue weighted by molar-refractivity contribution is 7.26. The fourth-order valence-electron chi connectivity index (χ4n) is 10.6. The molecule has 2 aromatic heterocycles. The van der Waals surface area contributed by atoms with Gasteiger partial charge in [-0.25, -0.2) is 9.97 Å². The average Bonchev–Trinajstić information content (AvgIpc) is 3.90. The molecule has 0 saturated carbocycles. The molecule has 0 atom stereocenters. The number of ether oxygens (including phenoxy) is 1. The quantitative estimate of drug-likeness (QED) is 0.179. The second kappa shape index (κ2) is 12.2. The number of nitrogens with zero attached hydrogens (tertiary/aromatic N) is 2. The molecule has 13 rings (SSSR count). The molecule has 0 saturated heterocycles. The van der Waals surface area contributed by atoms with Gasteiger partial charge in [-0.1, -0.05) is 159 Å². The Morgan fingerprint density at radius 2 is 1.02 bits per heavy atom. The molecule has 3 nitrogen and oxygen atoms in total. The number of rotatable bonds is 3. The molecule has 2 aliphatic carbocycles. The Hall–Kier alpha value is -7.14. The monoisotopic (exact) mass is 784 g/mol. The lowest BCUT2D eigenvalue weighted by atomic mass is 9.66. The van der Waals surface area contributed by atoms with Gasteiger partial charge in [0.05, 0.1) is 21.3 Å². The maximum absolute atomic E-state index is 6.56. The molecule has 0 radical (unpaired) electrons. The zero-order valence-electron chi connectivity index (χ0n) is 33.0. The van der Waals surface area contributed by atoms with Gasteiger partial charge < -0.3 is 4.74 Å². The highest BCUT2D eigenvalue weighted by atomic mass is 32.1. The lowest BCUT2D eigenvalue weighted by Crippen LogP contribution is -2.32. The maximum atomic E-state index is 6.56. The molecule has 1 aliphatic heterocycles. The normalized spacial score (nSPS) is 14.6. The van der Waals surface area contributed by atoms with Gasteiger partial charge in [-0.2, -0.15) is 0 Å². The van der Waals surface area contributed by atoms with E-state index < -0.39 is 5.41 Å². The van der Waals surface area contributed by atoms with Gasteiger partial charge in [0.15, 0.2) is 5.82 Å². The molecule has 0 fully saturated rings. The van der Waals surface area contributed by atoms with Crippen LogP contribution in [0.3, 0.4) is 0 Å². The van der Waals surface area contributed by atoms with Crippen LogP contribution in [0.15, 0.2) is 182 Å². The first-order valence-electron chi connectivity index (χ1n) is 20.6. The lowest BCUT2D eigenvalue weighted by Gasteiger charge is -2.39. The molecule has 0 bridgehead atoms. The first-order chi connectivity index (χ1) is 29.5. The van der Waals surface area contributed by atoms with Crippen LogP contribution in [0.4, 0.5) is 0 Å². The van der Waals surface area contributed by atoms with E-state index in [1.165, 1.54) is 76.8 Å². The molecule has 0 amide bonds. The highest BCUT2D eigenvalue weighted by Crippen LogP contribution is 2.62. The second-order valence-corrected chi connectivity index (χ2v) is 17.9. The summed E-state index contributed by atoms with van der Waals surface area (Å²) >= 11 is 1.78. The summed E-state index contributed by atoms with van der Waals surface area (Å²) in [5.41, 5.74) is 18.7. The van der Waals surface area contributed by atoms with Gasteiger partial charge in [-0.15, -0.1) is 11.3 Å². The smallest absolute Gasteiger partial charge is 0.160 e. The summed E-state index contributed by atoms with van der Waals surface area (Å²) in [4.78, 5) is 10.5. The Labute approximate surface area is 352 Å². The van der Waals surface area contributed by atoms with Gasteiger partial charge in [-0.3, -0.25) is 0 Å². The average molecular weight is 785 g/mol. The molecular formula is C56H36N2OS. The van der Waals surface area contributed by atoms with Gasteiger partial charge in [0.25, 0.3) is 0 Å². The van der Waals surface area contributed by atoms with Crippen molar-refractivity contribution in [3.05, 3.63) is 215 Å². The van der Waals surface area contributed by atoms with Crippen LogP contribution in [-0.2, 0) is 10.8 Å². The zero-order chi connectivity index (χ0) is 39.7. The van der Waals surface area contributed by atoms with E-state index in [4.69, 9.17) is 14.7 Å². The Balaban J connectivity index is 0.953. The summed E-state index contributed by atoms with van der Waals surface area (Å²) in [6.45, 7) is 4.72. The minimum absolute atomic E-state index is 0.194. The van der Waals surface area contributed by atoms with E-state index in [9.17, 15) is 0 Å². The number of benzene rings is 8. The van der Waals surface area contributed by atoms with Crippen molar-refractivity contribution >= 4 is 31.6 Å². The molecule has 60 heavy (non-hydrogen) atoms. The predicted molar refractivity (Wildman–Crippen MR) is 246 cm³/mol. The van der Waals surface area contributed by atoms with Crippen LogP contribution in [-0.4, -0.2) is 9.97 Å². The zero-order valence-corrected chi connectivity index (χ0v) is 33.8. The van der Waals surface area contributed by atoms with E-state index in [1.807, 2.05) is 6.07 Å². The lowest BCUT2D eigenvalue weighted by molar-refractivity contribution is 0.436. The van der Waals surface area contributed by atoms with Crippen LogP contribution in [0.5, 0.6) is 11.5 Å². The molecule has 8 aromatic carbocycles. The third-order valence-corrected chi connectivity index (χ3v) is 14.5. The van der Waals surface area contributed by atoms with Crippen molar-refractivity contribution in [2.45, 2.75) is 24.7 Å².